The third-order valence-corrected chi connectivity index (χ3v) is 2.80. The van der Waals surface area contributed by atoms with Crippen LogP contribution >= 0.6 is 12.6 Å². The van der Waals surface area contributed by atoms with E-state index in [1.807, 2.05) is 0 Å². The molecule has 0 aliphatic heterocycles. The van der Waals surface area contributed by atoms with E-state index in [1.54, 1.807) is 0 Å². The van der Waals surface area contributed by atoms with Crippen LogP contribution in [0.15, 0.2) is 0 Å². The topological polar surface area (TPSA) is 26.3 Å². The first-order chi connectivity index (χ1) is 6.22. The summed E-state index contributed by atoms with van der Waals surface area (Å²) in [5.41, 5.74) is 0. The maximum absolute atomic E-state index is 11.1. The van der Waals surface area contributed by atoms with Crippen LogP contribution in [-0.4, -0.2) is 17.8 Å². The van der Waals surface area contributed by atoms with E-state index in [1.165, 1.54) is 12.8 Å². The molecule has 1 aliphatic rings. The van der Waals surface area contributed by atoms with Crippen molar-refractivity contribution in [2.24, 2.45) is 5.92 Å². The zero-order chi connectivity index (χ0) is 9.68. The molecule has 0 radical (unpaired) electrons. The largest absolute Gasteiger partial charge is 0.462 e. The molecular formula is C10H18O2S. The van der Waals surface area contributed by atoms with Crippen LogP contribution < -0.4 is 0 Å². The zero-order valence-corrected chi connectivity index (χ0v) is 9.06. The van der Waals surface area contributed by atoms with Crippen molar-refractivity contribution in [2.75, 3.05) is 5.75 Å². The molecule has 0 amide bonds. The molecule has 13 heavy (non-hydrogen) atoms. The van der Waals surface area contributed by atoms with Crippen LogP contribution in [0.2, 0.25) is 0 Å². The minimum Gasteiger partial charge on any atom is -0.462 e. The molecule has 0 aromatic rings. The second kappa shape index (κ2) is 5.53. The highest BCUT2D eigenvalue weighted by atomic mass is 32.1. The van der Waals surface area contributed by atoms with Gasteiger partial charge in [-0.3, -0.25) is 4.79 Å². The minimum absolute atomic E-state index is 0.0884. The summed E-state index contributed by atoms with van der Waals surface area (Å²) in [5, 5.41) is 0. The van der Waals surface area contributed by atoms with Crippen LogP contribution in [0.5, 0.6) is 0 Å². The quantitative estimate of drug-likeness (QED) is 0.562. The highest BCUT2D eigenvalue weighted by Gasteiger charge is 2.20. The van der Waals surface area contributed by atoms with E-state index >= 15 is 0 Å². The van der Waals surface area contributed by atoms with E-state index < -0.39 is 0 Å². The van der Waals surface area contributed by atoms with E-state index in [9.17, 15) is 4.79 Å². The van der Waals surface area contributed by atoms with Gasteiger partial charge in [0.05, 0.1) is 6.42 Å². The first-order valence-corrected chi connectivity index (χ1v) is 5.66. The Bertz CT molecular complexity index is 162. The number of carbonyl (C=O) groups excluding carboxylic acids is 1. The lowest BCUT2D eigenvalue weighted by molar-refractivity contribution is -0.150. The smallest absolute Gasteiger partial charge is 0.306 e. The predicted molar refractivity (Wildman–Crippen MR) is 56.0 cm³/mol. The lowest BCUT2D eigenvalue weighted by atomic mass is 9.89. The van der Waals surface area contributed by atoms with Gasteiger partial charge in [-0.2, -0.15) is 12.6 Å². The molecule has 0 unspecified atom stereocenters. The Kier molecular flexibility index (Phi) is 4.64. The van der Waals surface area contributed by atoms with Crippen molar-refractivity contribution in [3.8, 4) is 0 Å². The van der Waals surface area contributed by atoms with Gasteiger partial charge in [0, 0.05) is 5.75 Å². The SMILES string of the molecule is CC1CCC(OC(=O)CCS)CC1. The predicted octanol–water partition coefficient (Wildman–Crippen LogP) is 2.43. The van der Waals surface area contributed by atoms with Crippen LogP contribution in [0.4, 0.5) is 0 Å². The summed E-state index contributed by atoms with van der Waals surface area (Å²) < 4.78 is 5.29. The lowest BCUT2D eigenvalue weighted by Crippen LogP contribution is -2.23. The van der Waals surface area contributed by atoms with Gasteiger partial charge in [-0.25, -0.2) is 0 Å². The summed E-state index contributed by atoms with van der Waals surface area (Å²) in [6.45, 7) is 2.26. The van der Waals surface area contributed by atoms with Crippen LogP contribution in [0.25, 0.3) is 0 Å². The Balaban J connectivity index is 2.18. The fourth-order valence-electron chi connectivity index (χ4n) is 1.68. The maximum Gasteiger partial charge on any atom is 0.306 e. The third kappa shape index (κ3) is 4.03. The number of hydrogen-bond donors (Lipinski definition) is 1. The molecule has 2 nitrogen and oxygen atoms in total. The van der Waals surface area contributed by atoms with E-state index in [2.05, 4.69) is 19.6 Å². The molecule has 0 aromatic heterocycles. The highest BCUT2D eigenvalue weighted by molar-refractivity contribution is 7.80. The molecular weight excluding hydrogens is 184 g/mol. The second-order valence-electron chi connectivity index (χ2n) is 3.85. The Morgan fingerprint density at radius 2 is 2.00 bits per heavy atom. The number of ether oxygens (including phenoxy) is 1. The van der Waals surface area contributed by atoms with Gasteiger partial charge < -0.3 is 4.74 Å². The average molecular weight is 202 g/mol. The summed E-state index contributed by atoms with van der Waals surface area (Å²) in [4.78, 5) is 11.1. The Morgan fingerprint density at radius 1 is 1.38 bits per heavy atom. The number of hydrogen-bond acceptors (Lipinski definition) is 3. The van der Waals surface area contributed by atoms with Crippen molar-refractivity contribution >= 4 is 18.6 Å². The molecule has 0 atom stereocenters. The Morgan fingerprint density at radius 3 is 2.54 bits per heavy atom. The maximum atomic E-state index is 11.1. The van der Waals surface area contributed by atoms with Crippen LogP contribution in [0.1, 0.15) is 39.0 Å². The van der Waals surface area contributed by atoms with Gasteiger partial charge in [0.2, 0.25) is 0 Å². The molecule has 1 fully saturated rings. The Hall–Kier alpha value is -0.180. The number of esters is 1. The van der Waals surface area contributed by atoms with Gasteiger partial charge in [-0.1, -0.05) is 6.92 Å². The first kappa shape index (κ1) is 10.9. The van der Waals surface area contributed by atoms with Crippen molar-refractivity contribution in [1.29, 1.82) is 0 Å². The molecule has 76 valence electrons. The van der Waals surface area contributed by atoms with Crippen LogP contribution in [0, 0.1) is 5.92 Å². The standard InChI is InChI=1S/C10H18O2S/c1-8-2-4-9(5-3-8)12-10(11)6-7-13/h8-9,13H,2-7H2,1H3. The molecule has 0 saturated heterocycles. The molecule has 1 aliphatic carbocycles. The van der Waals surface area contributed by atoms with E-state index in [-0.39, 0.29) is 12.1 Å². The molecule has 0 spiro atoms. The summed E-state index contributed by atoms with van der Waals surface area (Å²) in [6.07, 6.45) is 5.09. The third-order valence-electron chi connectivity index (χ3n) is 2.58. The average Bonchev–Trinajstić information content (AvgIpc) is 2.09. The van der Waals surface area contributed by atoms with Crippen molar-refractivity contribution < 1.29 is 9.53 Å². The van der Waals surface area contributed by atoms with Gasteiger partial charge >= 0.3 is 5.97 Å². The summed E-state index contributed by atoms with van der Waals surface area (Å²) >= 11 is 3.99. The first-order valence-electron chi connectivity index (χ1n) is 5.02. The van der Waals surface area contributed by atoms with Gasteiger partial charge in [-0.15, -0.1) is 0 Å². The van der Waals surface area contributed by atoms with Crippen molar-refractivity contribution in [2.45, 2.75) is 45.1 Å². The zero-order valence-electron chi connectivity index (χ0n) is 8.16. The van der Waals surface area contributed by atoms with Crippen molar-refractivity contribution in [1.82, 2.24) is 0 Å². The van der Waals surface area contributed by atoms with Crippen LogP contribution in [-0.2, 0) is 9.53 Å². The van der Waals surface area contributed by atoms with E-state index in [0.29, 0.717) is 12.2 Å². The second-order valence-corrected chi connectivity index (χ2v) is 4.29. The fourth-order valence-corrected chi connectivity index (χ4v) is 1.87. The van der Waals surface area contributed by atoms with Gasteiger partial charge in [0.25, 0.3) is 0 Å². The number of rotatable bonds is 3. The number of carbonyl (C=O) groups is 1. The minimum atomic E-state index is -0.0884. The summed E-state index contributed by atoms with van der Waals surface area (Å²) in [6, 6.07) is 0. The van der Waals surface area contributed by atoms with Crippen molar-refractivity contribution in [3.05, 3.63) is 0 Å². The fraction of sp³-hybridized carbons (Fsp3) is 0.900. The van der Waals surface area contributed by atoms with Crippen LogP contribution in [0.3, 0.4) is 0 Å². The van der Waals surface area contributed by atoms with E-state index in [0.717, 1.165) is 18.8 Å². The molecule has 3 heteroatoms. The molecule has 1 rings (SSSR count). The van der Waals surface area contributed by atoms with Gasteiger partial charge in [0.1, 0.15) is 6.10 Å². The van der Waals surface area contributed by atoms with Gasteiger partial charge in [0.15, 0.2) is 0 Å². The monoisotopic (exact) mass is 202 g/mol. The summed E-state index contributed by atoms with van der Waals surface area (Å²) in [7, 11) is 0. The van der Waals surface area contributed by atoms with Gasteiger partial charge in [-0.05, 0) is 31.6 Å². The highest BCUT2D eigenvalue weighted by Crippen LogP contribution is 2.25. The van der Waals surface area contributed by atoms with E-state index in [4.69, 9.17) is 4.74 Å². The number of thiol groups is 1. The molecule has 0 aromatic carbocycles. The molecule has 0 heterocycles. The lowest BCUT2D eigenvalue weighted by Gasteiger charge is -2.25. The molecule has 0 N–H and O–H groups in total. The summed E-state index contributed by atoms with van der Waals surface area (Å²) in [5.74, 6) is 1.30. The normalized spacial score (nSPS) is 28.5. The molecule has 1 saturated carbocycles. The van der Waals surface area contributed by atoms with Crippen molar-refractivity contribution in [3.63, 3.8) is 0 Å². The Labute approximate surface area is 85.4 Å². The molecule has 0 bridgehead atoms.